The molecular formula is C24H24FN7O5S. The molecule has 0 fully saturated rings. The Hall–Kier alpha value is -4.72. The van der Waals surface area contributed by atoms with Gasteiger partial charge >= 0.3 is 0 Å². The van der Waals surface area contributed by atoms with Crippen molar-refractivity contribution in [1.29, 1.82) is 0 Å². The Bertz CT molecular complexity index is 1560. The molecule has 0 saturated heterocycles. The lowest BCUT2D eigenvalue weighted by Crippen LogP contribution is -2.15. The molecule has 0 radical (unpaired) electrons. The van der Waals surface area contributed by atoms with Gasteiger partial charge in [-0.3, -0.25) is 19.6 Å². The van der Waals surface area contributed by atoms with Crippen LogP contribution in [0.15, 0.2) is 54.9 Å². The number of hydrogen-bond acceptors (Lipinski definition) is 9. The number of sulfonamides is 1. The summed E-state index contributed by atoms with van der Waals surface area (Å²) >= 11 is 0. The number of hydrogen-bond donors (Lipinski definition) is 4. The normalized spacial score (nSPS) is 11.1. The Morgan fingerprint density at radius 3 is 2.61 bits per heavy atom. The number of ether oxygens (including phenoxy) is 2. The summed E-state index contributed by atoms with van der Waals surface area (Å²) in [6.07, 6.45) is 2.84. The second-order valence-corrected chi connectivity index (χ2v) is 9.90. The summed E-state index contributed by atoms with van der Waals surface area (Å²) in [6.45, 7) is 1.52. The number of nitrogens with one attached hydrogen (secondary N) is 3. The van der Waals surface area contributed by atoms with Gasteiger partial charge in [-0.15, -0.1) is 0 Å². The first-order chi connectivity index (χ1) is 18.2. The maximum absolute atomic E-state index is 13.3. The number of primary amides is 1. The zero-order valence-electron chi connectivity index (χ0n) is 20.4. The topological polar surface area (TPSA) is 174 Å². The molecule has 0 aliphatic heterocycles. The highest BCUT2D eigenvalue weighted by atomic mass is 32.2. The fourth-order valence-corrected chi connectivity index (χ4v) is 4.02. The summed E-state index contributed by atoms with van der Waals surface area (Å²) in [7, 11) is -2.19. The lowest BCUT2D eigenvalue weighted by atomic mass is 10.1. The van der Waals surface area contributed by atoms with E-state index in [-0.39, 0.29) is 52.6 Å². The lowest BCUT2D eigenvalue weighted by Gasteiger charge is -2.15. The van der Waals surface area contributed by atoms with E-state index < -0.39 is 21.7 Å². The molecule has 1 amide bonds. The quantitative estimate of drug-likeness (QED) is 0.222. The van der Waals surface area contributed by atoms with E-state index in [0.717, 1.165) is 0 Å². The number of anilines is 3. The third-order valence-corrected chi connectivity index (χ3v) is 6.59. The van der Waals surface area contributed by atoms with Gasteiger partial charge in [-0.05, 0) is 36.8 Å². The number of nitrogens with two attached hydrogens (primary N) is 1. The summed E-state index contributed by atoms with van der Waals surface area (Å²) in [6, 6.07) is 10.3. The van der Waals surface area contributed by atoms with Crippen LogP contribution in [0.25, 0.3) is 11.3 Å². The van der Waals surface area contributed by atoms with Crippen molar-refractivity contribution in [3.05, 3.63) is 71.8 Å². The van der Waals surface area contributed by atoms with E-state index in [0.29, 0.717) is 11.1 Å². The van der Waals surface area contributed by atoms with Crippen LogP contribution in [-0.2, 0) is 16.6 Å². The molecule has 0 bridgehead atoms. The number of H-pyrrole nitrogens is 1. The van der Waals surface area contributed by atoms with Crippen molar-refractivity contribution in [3.8, 4) is 22.9 Å². The fourth-order valence-electron chi connectivity index (χ4n) is 3.37. The molecule has 0 saturated carbocycles. The number of rotatable bonds is 11. The standard InChI is InChI=1S/C24H24FN7O5S/c1-3-38(34,35)32-17-9-6-15(10-18(17)37-13-14-4-7-16(25)8-5-14)22-21(23(26)33)24(31-30-22)29-19-11-27-12-20(28-19)36-2/h4-12,32H,3,13H2,1-2H3,(H2,26,33)(H2,28,29,30,31). The molecule has 5 N–H and O–H groups in total. The molecule has 4 rings (SSSR count). The number of methoxy groups -OCH3 is 1. The molecule has 198 valence electrons. The number of benzene rings is 2. The number of aromatic nitrogens is 4. The van der Waals surface area contributed by atoms with Gasteiger partial charge in [-0.25, -0.2) is 12.8 Å². The average molecular weight is 542 g/mol. The van der Waals surface area contributed by atoms with E-state index in [1.807, 2.05) is 0 Å². The third-order valence-electron chi connectivity index (χ3n) is 5.30. The molecule has 0 aliphatic carbocycles. The van der Waals surface area contributed by atoms with E-state index in [2.05, 4.69) is 30.2 Å². The van der Waals surface area contributed by atoms with E-state index in [4.69, 9.17) is 15.2 Å². The number of halogens is 1. The molecule has 4 aromatic rings. The van der Waals surface area contributed by atoms with Crippen molar-refractivity contribution in [2.24, 2.45) is 5.73 Å². The summed E-state index contributed by atoms with van der Waals surface area (Å²) in [5, 5.41) is 9.87. The summed E-state index contributed by atoms with van der Waals surface area (Å²) < 4.78 is 51.2. The number of amides is 1. The predicted octanol–water partition coefficient (Wildman–Crippen LogP) is 3.20. The minimum atomic E-state index is -3.63. The van der Waals surface area contributed by atoms with E-state index in [1.165, 1.54) is 50.7 Å². The van der Waals surface area contributed by atoms with Crippen LogP contribution in [0.3, 0.4) is 0 Å². The molecule has 2 heterocycles. The van der Waals surface area contributed by atoms with Gasteiger partial charge in [0, 0.05) is 5.56 Å². The van der Waals surface area contributed by atoms with Gasteiger partial charge in [0.1, 0.15) is 35.2 Å². The van der Waals surface area contributed by atoms with Crippen LogP contribution in [0.5, 0.6) is 11.6 Å². The van der Waals surface area contributed by atoms with Crippen molar-refractivity contribution in [1.82, 2.24) is 20.2 Å². The minimum Gasteiger partial charge on any atom is -0.487 e. The molecule has 2 aromatic carbocycles. The van der Waals surface area contributed by atoms with Crippen molar-refractivity contribution in [2.75, 3.05) is 22.9 Å². The molecule has 12 nitrogen and oxygen atoms in total. The fraction of sp³-hybridized carbons (Fsp3) is 0.167. The molecule has 0 aliphatic rings. The van der Waals surface area contributed by atoms with Crippen LogP contribution in [0, 0.1) is 5.82 Å². The van der Waals surface area contributed by atoms with Crippen LogP contribution in [0.4, 0.5) is 21.7 Å². The second-order valence-electron chi connectivity index (χ2n) is 7.89. The van der Waals surface area contributed by atoms with Crippen LogP contribution in [0.1, 0.15) is 22.8 Å². The van der Waals surface area contributed by atoms with Gasteiger partial charge in [0.2, 0.25) is 15.9 Å². The Balaban J connectivity index is 1.71. The Labute approximate surface area is 217 Å². The Kier molecular flexibility index (Phi) is 7.71. The molecule has 38 heavy (non-hydrogen) atoms. The first-order valence-electron chi connectivity index (χ1n) is 11.2. The average Bonchev–Trinajstić information content (AvgIpc) is 3.32. The SMILES string of the molecule is CCS(=O)(=O)Nc1ccc(-c2n[nH]c(Nc3cncc(OC)n3)c2C(N)=O)cc1OCc1ccc(F)cc1. The predicted molar refractivity (Wildman–Crippen MR) is 138 cm³/mol. The summed E-state index contributed by atoms with van der Waals surface area (Å²) in [5.41, 5.74) is 7.13. The smallest absolute Gasteiger partial charge is 0.254 e. The van der Waals surface area contributed by atoms with E-state index in [9.17, 15) is 17.6 Å². The maximum atomic E-state index is 13.3. The Morgan fingerprint density at radius 2 is 1.92 bits per heavy atom. The Morgan fingerprint density at radius 1 is 1.16 bits per heavy atom. The van der Waals surface area contributed by atoms with Gasteiger partial charge < -0.3 is 20.5 Å². The summed E-state index contributed by atoms with van der Waals surface area (Å²) in [4.78, 5) is 20.6. The van der Waals surface area contributed by atoms with Gasteiger partial charge in [0.15, 0.2) is 5.82 Å². The van der Waals surface area contributed by atoms with Crippen LogP contribution >= 0.6 is 0 Å². The van der Waals surface area contributed by atoms with Gasteiger partial charge in [0.25, 0.3) is 5.91 Å². The largest absolute Gasteiger partial charge is 0.487 e. The highest BCUT2D eigenvalue weighted by Crippen LogP contribution is 2.35. The van der Waals surface area contributed by atoms with Gasteiger partial charge in [0.05, 0.1) is 30.9 Å². The first kappa shape index (κ1) is 26.3. The molecule has 0 atom stereocenters. The van der Waals surface area contributed by atoms with Gasteiger partial charge in [-0.2, -0.15) is 10.1 Å². The second kappa shape index (κ2) is 11.1. The summed E-state index contributed by atoms with van der Waals surface area (Å²) in [5.74, 6) is -0.474. The molecule has 2 aromatic heterocycles. The number of nitrogens with zero attached hydrogens (tertiary/aromatic N) is 3. The molecule has 14 heteroatoms. The highest BCUT2D eigenvalue weighted by molar-refractivity contribution is 7.92. The molecular weight excluding hydrogens is 517 g/mol. The van der Waals surface area contributed by atoms with Crippen LogP contribution in [0.2, 0.25) is 0 Å². The number of aromatic amines is 1. The third kappa shape index (κ3) is 6.15. The maximum Gasteiger partial charge on any atom is 0.254 e. The van der Waals surface area contributed by atoms with Crippen molar-refractivity contribution >= 4 is 33.3 Å². The van der Waals surface area contributed by atoms with E-state index in [1.54, 1.807) is 18.2 Å². The molecule has 0 spiro atoms. The zero-order valence-corrected chi connectivity index (χ0v) is 21.2. The first-order valence-corrected chi connectivity index (χ1v) is 12.9. The number of carbonyl (C=O) groups is 1. The van der Waals surface area contributed by atoms with E-state index >= 15 is 0 Å². The zero-order chi connectivity index (χ0) is 27.3. The lowest BCUT2D eigenvalue weighted by molar-refractivity contribution is 0.100. The van der Waals surface area contributed by atoms with Crippen LogP contribution < -0.4 is 25.2 Å². The molecule has 0 unspecified atom stereocenters. The van der Waals surface area contributed by atoms with Crippen molar-refractivity contribution in [3.63, 3.8) is 0 Å². The number of carbonyl (C=O) groups excluding carboxylic acids is 1. The van der Waals surface area contributed by atoms with Crippen LogP contribution in [-0.4, -0.2) is 47.4 Å². The van der Waals surface area contributed by atoms with Crippen molar-refractivity contribution in [2.45, 2.75) is 13.5 Å². The van der Waals surface area contributed by atoms with Gasteiger partial charge in [-0.1, -0.05) is 18.2 Å². The minimum absolute atomic E-state index is 0.0230. The van der Waals surface area contributed by atoms with Crippen molar-refractivity contribution < 1.29 is 27.1 Å². The highest BCUT2D eigenvalue weighted by Gasteiger charge is 2.22. The monoisotopic (exact) mass is 541 g/mol.